The van der Waals surface area contributed by atoms with Crippen LogP contribution in [-0.2, 0) is 28.6 Å². The summed E-state index contributed by atoms with van der Waals surface area (Å²) < 4.78 is 16.8. The average Bonchev–Trinajstić information content (AvgIpc) is 3.28. The summed E-state index contributed by atoms with van der Waals surface area (Å²) in [7, 11) is 0. The van der Waals surface area contributed by atoms with Gasteiger partial charge in [0, 0.05) is 19.3 Å². The van der Waals surface area contributed by atoms with Gasteiger partial charge in [0.15, 0.2) is 6.10 Å². The number of carbonyl (C=O) groups is 3. The van der Waals surface area contributed by atoms with E-state index < -0.39 is 6.10 Å². The average molecular weight is 881 g/mol. The van der Waals surface area contributed by atoms with Crippen molar-refractivity contribution in [1.29, 1.82) is 0 Å². The number of hydrogen-bond donors (Lipinski definition) is 0. The molecule has 0 amide bonds. The number of esters is 3. The third-order valence-corrected chi connectivity index (χ3v) is 11.5. The van der Waals surface area contributed by atoms with Gasteiger partial charge >= 0.3 is 17.9 Å². The summed E-state index contributed by atoms with van der Waals surface area (Å²) in [4.78, 5) is 38.0. The molecule has 364 valence electrons. The molecule has 0 saturated carbocycles. The Labute approximate surface area is 390 Å². The van der Waals surface area contributed by atoms with Gasteiger partial charge in [-0.05, 0) is 89.9 Å². The smallest absolute Gasteiger partial charge is 0.306 e. The molecule has 0 aliphatic heterocycles. The molecule has 0 spiro atoms. The molecule has 0 rings (SSSR count). The number of rotatable bonds is 48. The highest BCUT2D eigenvalue weighted by Crippen LogP contribution is 2.15. The standard InChI is InChI=1S/C57H100O6/c1-4-7-10-13-16-19-22-24-26-28-30-32-35-38-41-44-47-50-56(59)62-53-54(52-61-55(58)49-46-43-40-37-34-21-18-15-12-9-6-3)63-57(60)51-48-45-42-39-36-33-31-29-27-25-23-20-17-14-11-8-5-2/h16-17,19-20,24-27,30,32,54H,4-15,18,21-23,28-29,31,33-53H2,1-3H3/b19-16-,20-17-,26-24-,27-25-,32-30-/t54-/m0/s1. The molecule has 0 aromatic rings. The molecule has 6 heteroatoms. The highest BCUT2D eigenvalue weighted by Gasteiger charge is 2.19. The fourth-order valence-electron chi connectivity index (χ4n) is 7.42. The molecule has 0 heterocycles. The van der Waals surface area contributed by atoms with E-state index in [1.54, 1.807) is 0 Å². The van der Waals surface area contributed by atoms with E-state index in [9.17, 15) is 14.4 Å². The first-order valence-corrected chi connectivity index (χ1v) is 26.8. The van der Waals surface area contributed by atoms with Crippen LogP contribution in [0.15, 0.2) is 60.8 Å². The van der Waals surface area contributed by atoms with Crippen LogP contribution in [0.1, 0.15) is 265 Å². The summed E-state index contributed by atoms with van der Waals surface area (Å²) in [6.45, 7) is 6.56. The van der Waals surface area contributed by atoms with Crippen LogP contribution < -0.4 is 0 Å². The Bertz CT molecular complexity index is 1150. The molecule has 0 bridgehead atoms. The van der Waals surface area contributed by atoms with Gasteiger partial charge in [-0.25, -0.2) is 0 Å². The minimum Gasteiger partial charge on any atom is -0.462 e. The molecule has 0 saturated heterocycles. The Balaban J connectivity index is 4.40. The van der Waals surface area contributed by atoms with Gasteiger partial charge in [-0.3, -0.25) is 14.4 Å². The van der Waals surface area contributed by atoms with Gasteiger partial charge in [-0.15, -0.1) is 0 Å². The van der Waals surface area contributed by atoms with E-state index in [2.05, 4.69) is 81.5 Å². The molecule has 0 aromatic carbocycles. The van der Waals surface area contributed by atoms with E-state index in [4.69, 9.17) is 14.2 Å². The van der Waals surface area contributed by atoms with E-state index in [1.165, 1.54) is 128 Å². The van der Waals surface area contributed by atoms with Crippen LogP contribution in [0.4, 0.5) is 0 Å². The summed E-state index contributed by atoms with van der Waals surface area (Å²) in [5.74, 6) is -0.908. The third kappa shape index (κ3) is 50.0. The largest absolute Gasteiger partial charge is 0.462 e. The summed E-state index contributed by atoms with van der Waals surface area (Å²) in [6, 6.07) is 0. The van der Waals surface area contributed by atoms with Gasteiger partial charge in [-0.1, -0.05) is 216 Å². The van der Waals surface area contributed by atoms with E-state index in [0.717, 1.165) is 96.3 Å². The zero-order valence-electron chi connectivity index (χ0n) is 41.6. The summed E-state index contributed by atoms with van der Waals surface area (Å²) in [5.41, 5.74) is 0. The Kier molecular flexibility index (Phi) is 49.4. The van der Waals surface area contributed by atoms with Gasteiger partial charge in [-0.2, -0.15) is 0 Å². The summed E-state index contributed by atoms with van der Waals surface area (Å²) >= 11 is 0. The Morgan fingerprint density at radius 2 is 0.571 bits per heavy atom. The SMILES string of the molecule is CCCCC/C=C\C/C=C\C/C=C\CCCCCCC(=O)OC[C@H](COC(=O)CCCCCCCCCCCCC)OC(=O)CCCCCCCCC/C=C\C/C=C\CCCCC. The van der Waals surface area contributed by atoms with Gasteiger partial charge in [0.1, 0.15) is 13.2 Å². The normalized spacial score (nSPS) is 12.5. The molecule has 63 heavy (non-hydrogen) atoms. The Hall–Kier alpha value is -2.89. The van der Waals surface area contributed by atoms with Gasteiger partial charge in [0.2, 0.25) is 0 Å². The fraction of sp³-hybridized carbons (Fsp3) is 0.772. The number of carbonyl (C=O) groups excluding carboxylic acids is 3. The van der Waals surface area contributed by atoms with Crippen LogP contribution in [0.5, 0.6) is 0 Å². The van der Waals surface area contributed by atoms with Crippen molar-refractivity contribution in [3.63, 3.8) is 0 Å². The Morgan fingerprint density at radius 1 is 0.317 bits per heavy atom. The van der Waals surface area contributed by atoms with E-state index in [0.29, 0.717) is 19.3 Å². The second-order valence-corrected chi connectivity index (χ2v) is 17.8. The predicted octanol–water partition coefficient (Wildman–Crippen LogP) is 17.6. The maximum Gasteiger partial charge on any atom is 0.306 e. The van der Waals surface area contributed by atoms with Crippen molar-refractivity contribution in [3.05, 3.63) is 60.8 Å². The van der Waals surface area contributed by atoms with Crippen molar-refractivity contribution in [1.82, 2.24) is 0 Å². The molecule has 0 aliphatic rings. The number of allylic oxidation sites excluding steroid dienone is 10. The van der Waals surface area contributed by atoms with Crippen LogP contribution in [0.2, 0.25) is 0 Å². The number of hydrogen-bond acceptors (Lipinski definition) is 6. The molecule has 0 unspecified atom stereocenters. The molecular formula is C57H100O6. The topological polar surface area (TPSA) is 78.9 Å². The predicted molar refractivity (Wildman–Crippen MR) is 270 cm³/mol. The maximum atomic E-state index is 12.8. The maximum absolute atomic E-state index is 12.8. The van der Waals surface area contributed by atoms with E-state index >= 15 is 0 Å². The van der Waals surface area contributed by atoms with Crippen LogP contribution in [-0.4, -0.2) is 37.2 Å². The first kappa shape index (κ1) is 60.1. The van der Waals surface area contributed by atoms with Gasteiger partial charge in [0.25, 0.3) is 0 Å². The Morgan fingerprint density at radius 3 is 0.921 bits per heavy atom. The minimum atomic E-state index is -0.785. The number of unbranched alkanes of at least 4 members (excludes halogenated alkanes) is 27. The summed E-state index contributed by atoms with van der Waals surface area (Å²) in [5, 5.41) is 0. The lowest BCUT2D eigenvalue weighted by atomic mass is 10.1. The molecule has 1 atom stereocenters. The van der Waals surface area contributed by atoms with Crippen molar-refractivity contribution in [2.75, 3.05) is 13.2 Å². The van der Waals surface area contributed by atoms with Crippen molar-refractivity contribution < 1.29 is 28.6 Å². The second kappa shape index (κ2) is 51.7. The zero-order valence-corrected chi connectivity index (χ0v) is 41.6. The van der Waals surface area contributed by atoms with E-state index in [1.807, 2.05) is 0 Å². The van der Waals surface area contributed by atoms with Crippen LogP contribution in [0.3, 0.4) is 0 Å². The zero-order chi connectivity index (χ0) is 45.8. The highest BCUT2D eigenvalue weighted by molar-refractivity contribution is 5.71. The molecule has 0 aromatic heterocycles. The molecular weight excluding hydrogens is 781 g/mol. The molecule has 0 aliphatic carbocycles. The van der Waals surface area contributed by atoms with E-state index in [-0.39, 0.29) is 31.1 Å². The van der Waals surface area contributed by atoms with Crippen molar-refractivity contribution in [2.24, 2.45) is 0 Å². The quantitative estimate of drug-likeness (QED) is 0.0262. The van der Waals surface area contributed by atoms with Gasteiger partial charge < -0.3 is 14.2 Å². The van der Waals surface area contributed by atoms with Crippen LogP contribution in [0, 0.1) is 0 Å². The van der Waals surface area contributed by atoms with Crippen LogP contribution >= 0.6 is 0 Å². The first-order chi connectivity index (χ1) is 31.0. The minimum absolute atomic E-state index is 0.0830. The number of ether oxygens (including phenoxy) is 3. The first-order valence-electron chi connectivity index (χ1n) is 26.8. The molecule has 6 nitrogen and oxygen atoms in total. The van der Waals surface area contributed by atoms with Crippen molar-refractivity contribution in [3.8, 4) is 0 Å². The van der Waals surface area contributed by atoms with Crippen molar-refractivity contribution >= 4 is 17.9 Å². The molecule has 0 N–H and O–H groups in total. The van der Waals surface area contributed by atoms with Gasteiger partial charge in [0.05, 0.1) is 0 Å². The lowest BCUT2D eigenvalue weighted by molar-refractivity contribution is -0.167. The lowest BCUT2D eigenvalue weighted by Crippen LogP contribution is -2.30. The highest BCUT2D eigenvalue weighted by atomic mass is 16.6. The molecule has 0 fully saturated rings. The van der Waals surface area contributed by atoms with Crippen LogP contribution in [0.25, 0.3) is 0 Å². The monoisotopic (exact) mass is 881 g/mol. The second-order valence-electron chi connectivity index (χ2n) is 17.8. The molecule has 0 radical (unpaired) electrons. The third-order valence-electron chi connectivity index (χ3n) is 11.5. The fourth-order valence-corrected chi connectivity index (χ4v) is 7.42. The van der Waals surface area contributed by atoms with Crippen molar-refractivity contribution in [2.45, 2.75) is 271 Å². The lowest BCUT2D eigenvalue weighted by Gasteiger charge is -2.18. The summed E-state index contributed by atoms with van der Waals surface area (Å²) in [6.07, 6.45) is 63.4.